The third kappa shape index (κ3) is 4.57. The number of benzene rings is 1. The molecule has 34 heavy (non-hydrogen) atoms. The first kappa shape index (κ1) is 23.9. The van der Waals surface area contributed by atoms with Gasteiger partial charge in [0.25, 0.3) is 5.91 Å². The third-order valence-corrected chi connectivity index (χ3v) is 6.59. The molecule has 2 aliphatic rings. The monoisotopic (exact) mass is 472 g/mol. The molecule has 0 radical (unpaired) electrons. The topological polar surface area (TPSA) is 142 Å². The molecule has 182 valence electrons. The highest BCUT2D eigenvalue weighted by Gasteiger charge is 2.48. The summed E-state index contributed by atoms with van der Waals surface area (Å²) in [6.07, 6.45) is 0.319. The molecule has 11 heteroatoms. The maximum Gasteiger partial charge on any atom is 0.272 e. The second kappa shape index (κ2) is 8.87. The average Bonchev–Trinajstić information content (AvgIpc) is 3.45. The van der Waals surface area contributed by atoms with Gasteiger partial charge in [-0.25, -0.2) is 4.39 Å². The lowest BCUT2D eigenvalue weighted by atomic mass is 9.92. The molecule has 1 unspecified atom stereocenters. The lowest BCUT2D eigenvalue weighted by Gasteiger charge is -2.44. The number of ether oxygens (including phenoxy) is 1. The molecule has 3 heterocycles. The van der Waals surface area contributed by atoms with E-state index in [0.29, 0.717) is 30.5 Å². The summed E-state index contributed by atoms with van der Waals surface area (Å²) in [5.41, 5.74) is 2.66. The van der Waals surface area contributed by atoms with E-state index in [9.17, 15) is 24.4 Å². The van der Waals surface area contributed by atoms with Crippen molar-refractivity contribution < 1.29 is 23.5 Å². The van der Waals surface area contributed by atoms with E-state index in [1.807, 2.05) is 13.8 Å². The highest BCUT2D eigenvalue weighted by Crippen LogP contribution is 2.37. The van der Waals surface area contributed by atoms with Crippen LogP contribution in [0.1, 0.15) is 43.6 Å². The van der Waals surface area contributed by atoms with Gasteiger partial charge in [0.15, 0.2) is 6.17 Å². The summed E-state index contributed by atoms with van der Waals surface area (Å²) < 4.78 is 18.5. The quantitative estimate of drug-likeness (QED) is 0.359. The Hall–Kier alpha value is -3.20. The number of hydroxylamine groups is 2. The van der Waals surface area contributed by atoms with E-state index in [4.69, 9.17) is 4.74 Å². The normalized spacial score (nSPS) is 26.8. The molecule has 1 aromatic heterocycles. The van der Waals surface area contributed by atoms with E-state index in [0.717, 1.165) is 0 Å². The number of methoxy groups -OCH3 is 1. The van der Waals surface area contributed by atoms with E-state index in [-0.39, 0.29) is 36.0 Å². The Balaban J connectivity index is 1.54. The molecule has 0 spiro atoms. The lowest BCUT2D eigenvalue weighted by molar-refractivity contribution is -0.942. The van der Waals surface area contributed by atoms with Gasteiger partial charge in [0.2, 0.25) is 5.91 Å². The SMILES string of the molecule is COc1ccc(F)c2[nH]c(C(=O)N[C@@H]3CC(C)(C)C[N+]3([O-])N[C@H](C#N)C[C@@H]3CCNC3=O)cc12. The molecule has 2 aliphatic heterocycles. The molecular formula is C23H29FN6O4. The van der Waals surface area contributed by atoms with Gasteiger partial charge in [0.05, 0.1) is 18.7 Å². The van der Waals surface area contributed by atoms with Gasteiger partial charge in [-0.15, -0.1) is 5.43 Å². The maximum atomic E-state index is 14.2. The van der Waals surface area contributed by atoms with E-state index in [1.54, 1.807) is 0 Å². The predicted octanol–water partition coefficient (Wildman–Crippen LogP) is 2.04. The summed E-state index contributed by atoms with van der Waals surface area (Å²) >= 11 is 0. The maximum absolute atomic E-state index is 14.2. The Kier molecular flexibility index (Phi) is 6.24. The predicted molar refractivity (Wildman–Crippen MR) is 121 cm³/mol. The van der Waals surface area contributed by atoms with Gasteiger partial charge in [0.1, 0.15) is 29.8 Å². The van der Waals surface area contributed by atoms with Gasteiger partial charge in [-0.3, -0.25) is 19.7 Å². The Morgan fingerprint density at radius 2 is 2.24 bits per heavy atom. The Labute approximate surface area is 196 Å². The number of hydrogen-bond acceptors (Lipinski definition) is 6. The molecule has 4 N–H and O–H groups in total. The molecule has 4 rings (SSSR count). The highest BCUT2D eigenvalue weighted by atomic mass is 19.1. The zero-order valence-electron chi connectivity index (χ0n) is 19.4. The molecule has 2 amide bonds. The molecule has 2 saturated heterocycles. The number of carbonyl (C=O) groups excluding carboxylic acids is 2. The standard InChI is InChI=1S/C23H29FN6O4/c1-23(2)10-19(30(33,12-23)29-14(11-25)8-13-6-7-26-21(13)31)28-22(32)17-9-15-18(34-3)5-4-16(24)20(15)27-17/h4-5,9,13-14,19,27,29H,6-8,10,12H2,1-3H3,(H,26,31)(H,28,32)/t13-,14-,19-,30?/m0/s1. The number of rotatable bonds is 7. The van der Waals surface area contributed by atoms with Crippen LogP contribution in [0, 0.1) is 33.7 Å². The number of aromatic amines is 1. The van der Waals surface area contributed by atoms with Crippen LogP contribution < -0.4 is 20.8 Å². The Morgan fingerprint density at radius 3 is 2.88 bits per heavy atom. The fourth-order valence-electron chi connectivity index (χ4n) is 5.01. The van der Waals surface area contributed by atoms with Crippen molar-refractivity contribution in [3.8, 4) is 11.8 Å². The first-order valence-electron chi connectivity index (χ1n) is 11.3. The van der Waals surface area contributed by atoms with Crippen LogP contribution in [0.15, 0.2) is 18.2 Å². The van der Waals surface area contributed by atoms with E-state index >= 15 is 0 Å². The number of H-pyrrole nitrogens is 1. The molecule has 0 bridgehead atoms. The molecule has 10 nitrogen and oxygen atoms in total. The molecule has 1 aromatic carbocycles. The Bertz CT molecular complexity index is 1160. The van der Waals surface area contributed by atoms with Gasteiger partial charge in [-0.2, -0.15) is 5.26 Å². The van der Waals surface area contributed by atoms with E-state index in [2.05, 4.69) is 27.1 Å². The highest BCUT2D eigenvalue weighted by molar-refractivity contribution is 5.99. The first-order valence-corrected chi connectivity index (χ1v) is 11.3. The first-order chi connectivity index (χ1) is 16.0. The van der Waals surface area contributed by atoms with Crippen LogP contribution in [0.5, 0.6) is 5.75 Å². The second-order valence-electron chi connectivity index (χ2n) is 9.86. The number of fused-ring (bicyclic) bond motifs is 1. The number of amides is 2. The van der Waals surface area contributed by atoms with Crippen LogP contribution in [0.25, 0.3) is 10.9 Å². The Morgan fingerprint density at radius 1 is 1.47 bits per heavy atom. The number of nitrogens with zero attached hydrogens (tertiary/aromatic N) is 2. The summed E-state index contributed by atoms with van der Waals surface area (Å²) in [6, 6.07) is 5.44. The van der Waals surface area contributed by atoms with Crippen molar-refractivity contribution in [1.29, 1.82) is 5.26 Å². The molecule has 2 aromatic rings. The number of hydrogen-bond donors (Lipinski definition) is 4. The van der Waals surface area contributed by atoms with Crippen molar-refractivity contribution in [2.24, 2.45) is 11.3 Å². The minimum Gasteiger partial charge on any atom is -0.610 e. The van der Waals surface area contributed by atoms with Crippen molar-refractivity contribution in [2.75, 3.05) is 20.2 Å². The molecular weight excluding hydrogens is 443 g/mol. The van der Waals surface area contributed by atoms with E-state index in [1.165, 1.54) is 25.3 Å². The molecule has 0 aliphatic carbocycles. The average molecular weight is 473 g/mol. The minimum atomic E-state index is -0.997. The number of halogens is 1. The summed E-state index contributed by atoms with van der Waals surface area (Å²) in [4.78, 5) is 27.8. The van der Waals surface area contributed by atoms with Gasteiger partial charge >= 0.3 is 0 Å². The number of nitriles is 1. The van der Waals surface area contributed by atoms with Crippen molar-refractivity contribution in [2.45, 2.75) is 45.3 Å². The van der Waals surface area contributed by atoms with Crippen LogP contribution in [-0.2, 0) is 4.79 Å². The van der Waals surface area contributed by atoms with Crippen LogP contribution in [0.3, 0.4) is 0 Å². The number of nitrogens with one attached hydrogen (secondary N) is 4. The smallest absolute Gasteiger partial charge is 0.272 e. The molecule has 0 saturated carbocycles. The number of quaternary nitrogens is 1. The lowest BCUT2D eigenvalue weighted by Crippen LogP contribution is -2.65. The minimum absolute atomic E-state index is 0.0918. The van der Waals surface area contributed by atoms with Gasteiger partial charge < -0.3 is 20.2 Å². The zero-order chi connectivity index (χ0) is 24.7. The van der Waals surface area contributed by atoms with Crippen molar-refractivity contribution in [3.63, 3.8) is 0 Å². The summed E-state index contributed by atoms with van der Waals surface area (Å²) in [6.45, 7) is 4.52. The van der Waals surface area contributed by atoms with Crippen molar-refractivity contribution in [1.82, 2.24) is 21.0 Å². The molecule has 4 atom stereocenters. The zero-order valence-corrected chi connectivity index (χ0v) is 19.4. The summed E-state index contributed by atoms with van der Waals surface area (Å²) in [5, 5.41) is 29.4. The van der Waals surface area contributed by atoms with Crippen LogP contribution in [0.2, 0.25) is 0 Å². The van der Waals surface area contributed by atoms with Crippen molar-refractivity contribution in [3.05, 3.63) is 34.9 Å². The summed E-state index contributed by atoms with van der Waals surface area (Å²) in [7, 11) is 1.45. The fraction of sp³-hybridized carbons (Fsp3) is 0.522. The van der Waals surface area contributed by atoms with Crippen LogP contribution in [-0.4, -0.2) is 54.0 Å². The largest absolute Gasteiger partial charge is 0.610 e. The number of aromatic nitrogens is 1. The fourth-order valence-corrected chi connectivity index (χ4v) is 5.01. The number of carbonyl (C=O) groups is 2. The van der Waals surface area contributed by atoms with Crippen LogP contribution in [0.4, 0.5) is 4.39 Å². The van der Waals surface area contributed by atoms with Crippen LogP contribution >= 0.6 is 0 Å². The summed E-state index contributed by atoms with van der Waals surface area (Å²) in [5.74, 6) is -1.13. The van der Waals surface area contributed by atoms with E-state index < -0.39 is 34.1 Å². The van der Waals surface area contributed by atoms with Crippen molar-refractivity contribution >= 4 is 22.7 Å². The molecule has 2 fully saturated rings. The van der Waals surface area contributed by atoms with Gasteiger partial charge in [-0.1, -0.05) is 13.8 Å². The third-order valence-electron chi connectivity index (χ3n) is 6.59. The second-order valence-corrected chi connectivity index (χ2v) is 9.86. The van der Waals surface area contributed by atoms with Gasteiger partial charge in [-0.05, 0) is 31.0 Å². The van der Waals surface area contributed by atoms with Gasteiger partial charge in [0, 0.05) is 29.7 Å².